The smallest absolute Gasteiger partial charge is 0.405 e. The van der Waals surface area contributed by atoms with Gasteiger partial charge in [-0.05, 0) is 154 Å². The van der Waals surface area contributed by atoms with Crippen LogP contribution in [0, 0.1) is 0 Å². The van der Waals surface area contributed by atoms with Crippen LogP contribution in [0.2, 0.25) is 5.02 Å². The Morgan fingerprint density at radius 2 is 0.656 bits per heavy atom. The highest BCUT2D eigenvalue weighted by Gasteiger charge is 2.63. The molecule has 0 unspecified atom stereocenters. The van der Waals surface area contributed by atoms with Gasteiger partial charge in [0.05, 0.1) is 33.6 Å². The molecule has 0 radical (unpaired) electrons. The lowest BCUT2D eigenvalue weighted by Gasteiger charge is -2.32. The number of rotatable bonds is 2. The third kappa shape index (κ3) is 7.71. The van der Waals surface area contributed by atoms with Crippen LogP contribution in [0.3, 0.4) is 0 Å². The zero-order valence-electron chi connectivity index (χ0n) is 39.3. The molecule has 64 heavy (non-hydrogen) atoms. The van der Waals surface area contributed by atoms with E-state index in [0.29, 0.717) is 0 Å². The molecule has 0 aliphatic carbocycles. The van der Waals surface area contributed by atoms with Gasteiger partial charge in [0.2, 0.25) is 0 Å². The number of fused-ring (bicyclic) bond motifs is 10. The summed E-state index contributed by atoms with van der Waals surface area (Å²) in [4.78, 5) is 0. The van der Waals surface area contributed by atoms with Crippen LogP contribution >= 0.6 is 11.6 Å². The van der Waals surface area contributed by atoms with Gasteiger partial charge in [0, 0.05) is 10.4 Å². The standard InChI is InChI=1S/C24H23BO2.C18H11Cl.C12H24B2O4/c1-23(2)24(3,4)27-25(26-23)21-11-7-10-20-19(21)15-14-17-13-12-16-8-5-6-9-18(16)22(17)20;19-17-7-3-6-16-15(17)11-10-13-9-8-12-4-1-2-5-14(12)18(13)16;1-9(2)10(3,4)16-13(15-9)14-17-11(5,6)12(7,8)18-14/h5-15H,1-4H3;1-11H;1-8H3. The number of hydrogen-bond donors (Lipinski definition) is 0. The minimum Gasteiger partial charge on any atom is -0.405 e. The normalized spacial score (nSPS) is 20.2. The van der Waals surface area contributed by atoms with Crippen molar-refractivity contribution in [3.63, 3.8) is 0 Å². The van der Waals surface area contributed by atoms with Crippen molar-refractivity contribution in [3.05, 3.63) is 138 Å². The van der Waals surface area contributed by atoms with Gasteiger partial charge in [0.25, 0.3) is 0 Å². The van der Waals surface area contributed by atoms with E-state index < -0.39 is 14.0 Å². The van der Waals surface area contributed by atoms with Crippen molar-refractivity contribution < 1.29 is 27.9 Å². The van der Waals surface area contributed by atoms with Gasteiger partial charge in [0.1, 0.15) is 0 Å². The molecule has 6 nitrogen and oxygen atoms in total. The molecule has 0 saturated carbocycles. The lowest BCUT2D eigenvalue weighted by atomic mass is 9.49. The molecule has 3 aliphatic rings. The minimum absolute atomic E-state index is 0.344. The summed E-state index contributed by atoms with van der Waals surface area (Å²) in [6.45, 7) is 24.6. The van der Waals surface area contributed by atoms with E-state index in [4.69, 9.17) is 39.5 Å². The van der Waals surface area contributed by atoms with Gasteiger partial charge in [-0.25, -0.2) is 0 Å². The molecule has 0 amide bonds. The highest BCUT2D eigenvalue weighted by molar-refractivity contribution is 7.11. The van der Waals surface area contributed by atoms with Crippen molar-refractivity contribution in [2.24, 2.45) is 0 Å². The van der Waals surface area contributed by atoms with Crippen molar-refractivity contribution in [1.29, 1.82) is 0 Å². The van der Waals surface area contributed by atoms with E-state index in [9.17, 15) is 0 Å². The topological polar surface area (TPSA) is 55.4 Å². The fourth-order valence-electron chi connectivity index (χ4n) is 8.89. The van der Waals surface area contributed by atoms with Crippen molar-refractivity contribution in [2.45, 2.75) is 117 Å². The summed E-state index contributed by atoms with van der Waals surface area (Å²) < 4.78 is 36.5. The molecular formula is C54H58B3ClO6. The van der Waals surface area contributed by atoms with Gasteiger partial charge in [-0.1, -0.05) is 139 Å². The Hall–Kier alpha value is -4.44. The summed E-state index contributed by atoms with van der Waals surface area (Å²) in [7, 11) is -1.31. The number of halogens is 1. The SMILES string of the molecule is CC1(C)OB(B2OC(C)(C)C(C)(C)O2)OC1(C)C.CC1(C)OB(c2cccc3c2ccc2ccc4ccccc4c23)OC1(C)C.Clc1cccc2c1ccc1ccc3ccccc3c12. The Morgan fingerprint density at radius 1 is 0.312 bits per heavy atom. The molecule has 10 heteroatoms. The summed E-state index contributed by atoms with van der Waals surface area (Å²) >= 11 is 6.31. The largest absolute Gasteiger partial charge is 0.495 e. The summed E-state index contributed by atoms with van der Waals surface area (Å²) in [6.07, 6.45) is 0. The Balaban J connectivity index is 0.000000125. The van der Waals surface area contributed by atoms with E-state index in [1.54, 1.807) is 0 Å². The van der Waals surface area contributed by atoms with Gasteiger partial charge in [-0.3, -0.25) is 0 Å². The maximum absolute atomic E-state index is 6.34. The van der Waals surface area contributed by atoms with Gasteiger partial charge in [0.15, 0.2) is 0 Å². The Bertz CT molecular complexity index is 3010. The highest BCUT2D eigenvalue weighted by Crippen LogP contribution is 2.43. The lowest BCUT2D eigenvalue weighted by molar-refractivity contribution is 0.00578. The number of hydrogen-bond acceptors (Lipinski definition) is 6. The van der Waals surface area contributed by atoms with E-state index in [1.807, 2.05) is 67.5 Å². The average molecular weight is 871 g/mol. The van der Waals surface area contributed by atoms with Gasteiger partial charge >= 0.3 is 21.1 Å². The van der Waals surface area contributed by atoms with Crippen molar-refractivity contribution in [1.82, 2.24) is 0 Å². The molecule has 0 N–H and O–H groups in total. The molecule has 0 spiro atoms. The highest BCUT2D eigenvalue weighted by atomic mass is 35.5. The van der Waals surface area contributed by atoms with Crippen LogP contribution in [0.4, 0.5) is 0 Å². The predicted octanol–water partition coefficient (Wildman–Crippen LogP) is 13.5. The first-order chi connectivity index (χ1) is 30.1. The van der Waals surface area contributed by atoms with E-state index >= 15 is 0 Å². The summed E-state index contributed by atoms with van der Waals surface area (Å²) in [5, 5.41) is 15.8. The fourth-order valence-corrected chi connectivity index (χ4v) is 9.13. The van der Waals surface area contributed by atoms with Gasteiger partial charge in [-0.2, -0.15) is 0 Å². The monoisotopic (exact) mass is 870 g/mol. The second-order valence-electron chi connectivity index (χ2n) is 20.5. The van der Waals surface area contributed by atoms with Crippen LogP contribution in [0.5, 0.6) is 0 Å². The summed E-state index contributed by atoms with van der Waals surface area (Å²) in [6, 6.07) is 47.1. The van der Waals surface area contributed by atoms with Crippen LogP contribution in [0.25, 0.3) is 64.6 Å². The Kier molecular flexibility index (Phi) is 11.1. The van der Waals surface area contributed by atoms with E-state index in [1.165, 1.54) is 59.2 Å². The average Bonchev–Trinajstić information content (AvgIpc) is 3.72. The maximum Gasteiger partial charge on any atom is 0.495 e. The van der Waals surface area contributed by atoms with Crippen LogP contribution in [0.15, 0.2) is 133 Å². The van der Waals surface area contributed by atoms with Crippen LogP contribution in [-0.2, 0) is 27.9 Å². The fraction of sp³-hybridized carbons (Fsp3) is 0.333. The van der Waals surface area contributed by atoms with Crippen molar-refractivity contribution >= 4 is 103 Å². The molecule has 0 bridgehead atoms. The van der Waals surface area contributed by atoms with Crippen LogP contribution in [-0.4, -0.2) is 54.7 Å². The lowest BCUT2D eigenvalue weighted by Crippen LogP contribution is -2.41. The molecular weight excluding hydrogens is 812 g/mol. The van der Waals surface area contributed by atoms with Gasteiger partial charge < -0.3 is 27.9 Å². The summed E-state index contributed by atoms with van der Waals surface area (Å²) in [5.74, 6) is 0. The molecule has 0 atom stereocenters. The quantitative estimate of drug-likeness (QED) is 0.127. The molecule has 3 saturated heterocycles. The van der Waals surface area contributed by atoms with Crippen molar-refractivity contribution in [2.75, 3.05) is 0 Å². The van der Waals surface area contributed by atoms with Crippen molar-refractivity contribution in [3.8, 4) is 0 Å². The molecule has 8 aromatic carbocycles. The first-order valence-electron chi connectivity index (χ1n) is 22.5. The first-order valence-corrected chi connectivity index (χ1v) is 22.9. The predicted molar refractivity (Wildman–Crippen MR) is 271 cm³/mol. The van der Waals surface area contributed by atoms with Crippen LogP contribution < -0.4 is 5.46 Å². The third-order valence-corrected chi connectivity index (χ3v) is 15.1. The third-order valence-electron chi connectivity index (χ3n) is 14.8. The molecule has 3 fully saturated rings. The zero-order valence-corrected chi connectivity index (χ0v) is 40.0. The Labute approximate surface area is 384 Å². The molecule has 0 aromatic heterocycles. The Morgan fingerprint density at radius 3 is 1.12 bits per heavy atom. The van der Waals surface area contributed by atoms with E-state index in [-0.39, 0.29) is 40.7 Å². The molecule has 3 heterocycles. The van der Waals surface area contributed by atoms with E-state index in [2.05, 4.69) is 149 Å². The minimum atomic E-state index is -0.476. The zero-order chi connectivity index (χ0) is 45.6. The van der Waals surface area contributed by atoms with E-state index in [0.717, 1.165) is 15.9 Å². The second kappa shape index (κ2) is 15.9. The molecule has 8 aromatic rings. The first kappa shape index (κ1) is 44.8. The molecule has 326 valence electrons. The summed E-state index contributed by atoms with van der Waals surface area (Å²) in [5.41, 5.74) is -1.03. The second-order valence-corrected chi connectivity index (χ2v) is 20.9. The molecule has 11 rings (SSSR count). The van der Waals surface area contributed by atoms with Gasteiger partial charge in [-0.15, -0.1) is 0 Å². The molecule has 3 aliphatic heterocycles. The number of benzene rings is 8. The van der Waals surface area contributed by atoms with Crippen LogP contribution in [0.1, 0.15) is 83.1 Å². The maximum atomic E-state index is 6.34.